The van der Waals surface area contributed by atoms with E-state index in [0.717, 1.165) is 32.1 Å². The van der Waals surface area contributed by atoms with Crippen molar-refractivity contribution in [2.75, 3.05) is 18.0 Å². The first-order valence-electron chi connectivity index (χ1n) is 13.4. The van der Waals surface area contributed by atoms with Crippen molar-refractivity contribution in [3.05, 3.63) is 130 Å². The van der Waals surface area contributed by atoms with Crippen LogP contribution in [0.1, 0.15) is 33.2 Å². The summed E-state index contributed by atoms with van der Waals surface area (Å²) in [6, 6.07) is 27.2. The zero-order valence-corrected chi connectivity index (χ0v) is 25.5. The van der Waals surface area contributed by atoms with Gasteiger partial charge < -0.3 is 9.72 Å². The lowest BCUT2D eigenvalue weighted by molar-refractivity contribution is -0.117. The van der Waals surface area contributed by atoms with E-state index in [1.165, 1.54) is 7.11 Å². The quantitative estimate of drug-likeness (QED) is 0.203. The van der Waals surface area contributed by atoms with E-state index >= 15 is 0 Å². The molecule has 4 aromatic carbocycles. The average Bonchev–Trinajstić information content (AvgIpc) is 3.60. The number of nitrogens with zero attached hydrogens (tertiary/aromatic N) is 2. The number of hydrogen-bond acceptors (Lipinski definition) is 6. The van der Waals surface area contributed by atoms with Crippen LogP contribution in [0, 0.1) is 0 Å². The Bertz CT molecular complexity index is 1990. The number of aromatic amines is 1. The number of esters is 1. The van der Waals surface area contributed by atoms with Crippen molar-refractivity contribution in [1.82, 2.24) is 14.7 Å². The Morgan fingerprint density at radius 1 is 0.932 bits per heavy atom. The van der Waals surface area contributed by atoms with Gasteiger partial charge in [0.05, 0.1) is 41.2 Å². The van der Waals surface area contributed by atoms with E-state index in [0.29, 0.717) is 32.8 Å². The van der Waals surface area contributed by atoms with Gasteiger partial charge in [-0.25, -0.2) is 18.8 Å². The standard InChI is InChI=1S/C32H24Cl2N4O5S/c1-43-32(40)23-4-2-3-22(15-23)19-5-7-20(8-6-19)30(31-35-17-28(36-31)26-14-11-24(33)16-27(26)34)21-9-12-25(13-10-21)38-18-29(39)37-44(38,41)42/h2-17,30H,18H2,1H3,(H,35,36)(H,37,39). The van der Waals surface area contributed by atoms with Gasteiger partial charge in [0.15, 0.2) is 0 Å². The van der Waals surface area contributed by atoms with Crippen LogP contribution in [-0.2, 0) is 19.7 Å². The molecule has 0 saturated carbocycles. The van der Waals surface area contributed by atoms with Gasteiger partial charge in [0.25, 0.3) is 5.91 Å². The van der Waals surface area contributed by atoms with Crippen molar-refractivity contribution in [1.29, 1.82) is 0 Å². The van der Waals surface area contributed by atoms with E-state index in [-0.39, 0.29) is 12.5 Å². The van der Waals surface area contributed by atoms with Gasteiger partial charge in [-0.2, -0.15) is 8.42 Å². The van der Waals surface area contributed by atoms with Crippen LogP contribution in [0.3, 0.4) is 0 Å². The molecular weight excluding hydrogens is 623 g/mol. The maximum atomic E-state index is 12.4. The van der Waals surface area contributed by atoms with Gasteiger partial charge in [-0.15, -0.1) is 0 Å². The summed E-state index contributed by atoms with van der Waals surface area (Å²) >= 11 is 12.6. The van der Waals surface area contributed by atoms with Gasteiger partial charge in [0, 0.05) is 10.6 Å². The van der Waals surface area contributed by atoms with Gasteiger partial charge in [-0.1, -0.05) is 71.7 Å². The number of imidazole rings is 1. The molecule has 5 aromatic rings. The molecule has 2 heterocycles. The summed E-state index contributed by atoms with van der Waals surface area (Å²) in [5.41, 5.74) is 5.74. The number of benzene rings is 4. The molecule has 44 heavy (non-hydrogen) atoms. The first-order chi connectivity index (χ1) is 21.1. The molecule has 1 amide bonds. The highest BCUT2D eigenvalue weighted by Gasteiger charge is 2.34. The average molecular weight is 648 g/mol. The number of carbonyl (C=O) groups excluding carboxylic acids is 2. The minimum absolute atomic E-state index is 0.285. The number of amides is 1. The van der Waals surface area contributed by atoms with Crippen LogP contribution in [0.5, 0.6) is 0 Å². The van der Waals surface area contributed by atoms with Crippen molar-refractivity contribution in [3.8, 4) is 22.4 Å². The van der Waals surface area contributed by atoms with E-state index in [2.05, 4.69) is 4.98 Å². The van der Waals surface area contributed by atoms with Gasteiger partial charge >= 0.3 is 16.2 Å². The van der Waals surface area contributed by atoms with Crippen LogP contribution in [-0.4, -0.2) is 43.9 Å². The molecule has 1 fully saturated rings. The third-order valence-electron chi connectivity index (χ3n) is 7.29. The Kier molecular flexibility index (Phi) is 7.89. The fourth-order valence-electron chi connectivity index (χ4n) is 5.16. The summed E-state index contributed by atoms with van der Waals surface area (Å²) in [6.07, 6.45) is 1.70. The Balaban J connectivity index is 1.39. The number of carbonyl (C=O) groups is 2. The maximum absolute atomic E-state index is 12.4. The fraction of sp³-hybridized carbons (Fsp3) is 0.0938. The van der Waals surface area contributed by atoms with E-state index in [4.69, 9.17) is 32.9 Å². The molecule has 1 atom stereocenters. The molecule has 2 N–H and O–H groups in total. The molecule has 222 valence electrons. The summed E-state index contributed by atoms with van der Waals surface area (Å²) in [7, 11) is -2.59. The highest BCUT2D eigenvalue weighted by atomic mass is 35.5. The number of nitrogens with one attached hydrogen (secondary N) is 2. The van der Waals surface area contributed by atoms with Crippen LogP contribution in [0.15, 0.2) is 97.2 Å². The zero-order chi connectivity index (χ0) is 31.0. The molecular formula is C32H24Cl2N4O5S. The summed E-state index contributed by atoms with van der Waals surface area (Å²) in [5, 5.41) is 0.993. The van der Waals surface area contributed by atoms with Crippen molar-refractivity contribution in [2.45, 2.75) is 5.92 Å². The van der Waals surface area contributed by atoms with Crippen molar-refractivity contribution >= 4 is 51.0 Å². The second kappa shape index (κ2) is 11.8. The molecule has 0 radical (unpaired) electrons. The number of anilines is 1. The molecule has 1 unspecified atom stereocenters. The van der Waals surface area contributed by atoms with Gasteiger partial charge in [-0.3, -0.25) is 4.79 Å². The Hall–Kier alpha value is -4.64. The molecule has 1 aliphatic rings. The molecule has 1 saturated heterocycles. The number of hydrogen-bond donors (Lipinski definition) is 2. The van der Waals surface area contributed by atoms with Crippen molar-refractivity contribution < 1.29 is 22.7 Å². The third kappa shape index (κ3) is 5.79. The van der Waals surface area contributed by atoms with Crippen LogP contribution < -0.4 is 9.03 Å². The predicted molar refractivity (Wildman–Crippen MR) is 169 cm³/mol. The molecule has 1 aromatic heterocycles. The van der Waals surface area contributed by atoms with Crippen LogP contribution in [0.2, 0.25) is 10.0 Å². The second-order valence-corrected chi connectivity index (χ2v) is 12.5. The normalized spacial score (nSPS) is 14.7. The summed E-state index contributed by atoms with van der Waals surface area (Å²) in [6.45, 7) is -0.285. The molecule has 6 rings (SSSR count). The number of H-pyrrole nitrogens is 1. The van der Waals surface area contributed by atoms with Crippen LogP contribution in [0.25, 0.3) is 22.4 Å². The minimum atomic E-state index is -3.94. The molecule has 0 spiro atoms. The Morgan fingerprint density at radius 2 is 1.64 bits per heavy atom. The molecule has 1 aliphatic heterocycles. The van der Waals surface area contributed by atoms with E-state index in [1.54, 1.807) is 48.7 Å². The maximum Gasteiger partial charge on any atom is 0.337 e. The highest BCUT2D eigenvalue weighted by Crippen LogP contribution is 2.36. The molecule has 0 aliphatic carbocycles. The minimum Gasteiger partial charge on any atom is -0.465 e. The summed E-state index contributed by atoms with van der Waals surface area (Å²) < 4.78 is 32.6. The lowest BCUT2D eigenvalue weighted by Gasteiger charge is -2.19. The first kappa shape index (κ1) is 29.4. The third-order valence-corrected chi connectivity index (χ3v) is 9.24. The number of rotatable bonds is 7. The largest absolute Gasteiger partial charge is 0.465 e. The predicted octanol–water partition coefficient (Wildman–Crippen LogP) is 6.20. The highest BCUT2D eigenvalue weighted by molar-refractivity contribution is 7.92. The van der Waals surface area contributed by atoms with E-state index < -0.39 is 22.1 Å². The summed E-state index contributed by atoms with van der Waals surface area (Å²) in [5.74, 6) is -0.754. The molecule has 12 heteroatoms. The van der Waals surface area contributed by atoms with Crippen LogP contribution >= 0.6 is 23.2 Å². The van der Waals surface area contributed by atoms with Gasteiger partial charge in [0.1, 0.15) is 12.4 Å². The van der Waals surface area contributed by atoms with Gasteiger partial charge in [-0.05, 0) is 64.7 Å². The van der Waals surface area contributed by atoms with Gasteiger partial charge in [0.2, 0.25) is 0 Å². The molecule has 0 bridgehead atoms. The van der Waals surface area contributed by atoms with Crippen LogP contribution in [0.4, 0.5) is 5.69 Å². The topological polar surface area (TPSA) is 121 Å². The lowest BCUT2D eigenvalue weighted by atomic mass is 9.89. The smallest absolute Gasteiger partial charge is 0.337 e. The lowest BCUT2D eigenvalue weighted by Crippen LogP contribution is -2.29. The number of aromatic nitrogens is 2. The fourth-order valence-corrected chi connectivity index (χ4v) is 6.82. The van der Waals surface area contributed by atoms with E-state index in [9.17, 15) is 18.0 Å². The zero-order valence-electron chi connectivity index (χ0n) is 23.1. The SMILES string of the molecule is COC(=O)c1cccc(-c2ccc(C(c3ccc(N4CC(=O)NS4(=O)=O)cc3)c3ncc(-c4ccc(Cl)cc4Cl)[nH]3)cc2)c1. The summed E-state index contributed by atoms with van der Waals surface area (Å²) in [4.78, 5) is 31.9. The monoisotopic (exact) mass is 646 g/mol. The Morgan fingerprint density at radius 3 is 2.27 bits per heavy atom. The van der Waals surface area contributed by atoms with Crippen molar-refractivity contribution in [3.63, 3.8) is 0 Å². The number of halogens is 2. The number of methoxy groups -OCH3 is 1. The Labute approximate surface area is 263 Å². The number of ether oxygens (including phenoxy) is 1. The second-order valence-electron chi connectivity index (χ2n) is 10.1. The first-order valence-corrected chi connectivity index (χ1v) is 15.5. The van der Waals surface area contributed by atoms with Crippen molar-refractivity contribution in [2.24, 2.45) is 0 Å². The van der Waals surface area contributed by atoms with E-state index in [1.807, 2.05) is 53.3 Å². The molecule has 9 nitrogen and oxygen atoms in total.